The maximum Gasteiger partial charge on any atom is 0.161 e. The van der Waals surface area contributed by atoms with Crippen molar-refractivity contribution >= 4 is 5.78 Å². The van der Waals surface area contributed by atoms with Crippen LogP contribution < -0.4 is 0 Å². The highest BCUT2D eigenvalue weighted by atomic mass is 16.5. The van der Waals surface area contributed by atoms with Gasteiger partial charge in [-0.05, 0) is 13.0 Å². The second-order valence-corrected chi connectivity index (χ2v) is 2.98. The largest absolute Gasteiger partial charge is 0.373 e. The van der Waals surface area contributed by atoms with E-state index >= 15 is 0 Å². The molecule has 0 unspecified atom stereocenters. The quantitative estimate of drug-likeness (QED) is 0.586. The number of fused-ring (bicyclic) bond motifs is 1. The van der Waals surface area contributed by atoms with Gasteiger partial charge in [0.2, 0.25) is 0 Å². The van der Waals surface area contributed by atoms with Crippen LogP contribution in [0.15, 0.2) is 12.3 Å². The summed E-state index contributed by atoms with van der Waals surface area (Å²) in [6.07, 6.45) is 1.95. The van der Waals surface area contributed by atoms with E-state index in [0.717, 1.165) is 24.4 Å². The van der Waals surface area contributed by atoms with E-state index in [0.29, 0.717) is 6.61 Å². The lowest BCUT2D eigenvalue weighted by molar-refractivity contribution is 0.0824. The van der Waals surface area contributed by atoms with Crippen LogP contribution in [-0.2, 0) is 17.9 Å². The molecule has 0 atom stereocenters. The van der Waals surface area contributed by atoms with Crippen LogP contribution in [0.3, 0.4) is 0 Å². The van der Waals surface area contributed by atoms with Crippen molar-refractivity contribution in [3.63, 3.8) is 0 Å². The molecule has 0 fully saturated rings. The second-order valence-electron chi connectivity index (χ2n) is 2.98. The first-order chi connectivity index (χ1) is 5.79. The van der Waals surface area contributed by atoms with Crippen LogP contribution in [0.4, 0.5) is 0 Å². The summed E-state index contributed by atoms with van der Waals surface area (Å²) >= 11 is 0. The van der Waals surface area contributed by atoms with Crippen LogP contribution in [0, 0.1) is 0 Å². The molecule has 1 aromatic heterocycles. The average Bonchev–Trinajstić information content (AvgIpc) is 2.47. The van der Waals surface area contributed by atoms with Gasteiger partial charge in [0.25, 0.3) is 0 Å². The summed E-state index contributed by atoms with van der Waals surface area (Å²) in [5.74, 6) is 0.120. The Hall–Kier alpha value is -1.09. The van der Waals surface area contributed by atoms with E-state index in [9.17, 15) is 4.79 Å². The fraction of sp³-hybridized carbons (Fsp3) is 0.444. The Kier molecular flexibility index (Phi) is 1.73. The van der Waals surface area contributed by atoms with Crippen molar-refractivity contribution in [1.29, 1.82) is 0 Å². The molecule has 3 heteroatoms. The fourth-order valence-electron chi connectivity index (χ4n) is 1.53. The van der Waals surface area contributed by atoms with Gasteiger partial charge >= 0.3 is 0 Å². The van der Waals surface area contributed by atoms with Crippen LogP contribution in [0.2, 0.25) is 0 Å². The molecule has 0 spiro atoms. The van der Waals surface area contributed by atoms with Crippen molar-refractivity contribution in [2.75, 3.05) is 6.61 Å². The van der Waals surface area contributed by atoms with E-state index in [-0.39, 0.29) is 5.78 Å². The SMILES string of the molecule is CC(=O)c1ccn2c1COCC2. The first-order valence-electron chi connectivity index (χ1n) is 4.06. The van der Waals surface area contributed by atoms with Gasteiger partial charge in [-0.2, -0.15) is 0 Å². The molecule has 0 aromatic carbocycles. The first kappa shape index (κ1) is 7.55. The van der Waals surface area contributed by atoms with Gasteiger partial charge in [0.15, 0.2) is 5.78 Å². The van der Waals surface area contributed by atoms with Crippen molar-refractivity contribution in [2.24, 2.45) is 0 Å². The Bertz CT molecular complexity index is 314. The molecule has 64 valence electrons. The molecule has 2 rings (SSSR count). The minimum atomic E-state index is 0.120. The third-order valence-electron chi connectivity index (χ3n) is 2.17. The third-order valence-corrected chi connectivity index (χ3v) is 2.17. The molecule has 1 aliphatic heterocycles. The minimum Gasteiger partial charge on any atom is -0.373 e. The fourth-order valence-corrected chi connectivity index (χ4v) is 1.53. The number of ketones is 1. The molecule has 12 heavy (non-hydrogen) atoms. The van der Waals surface area contributed by atoms with Crippen LogP contribution in [0.1, 0.15) is 23.0 Å². The van der Waals surface area contributed by atoms with Crippen LogP contribution in [0.25, 0.3) is 0 Å². The van der Waals surface area contributed by atoms with Gasteiger partial charge in [-0.15, -0.1) is 0 Å². The minimum absolute atomic E-state index is 0.120. The molecule has 1 aliphatic rings. The van der Waals surface area contributed by atoms with Gasteiger partial charge in [0.05, 0.1) is 18.9 Å². The topological polar surface area (TPSA) is 31.2 Å². The zero-order valence-electron chi connectivity index (χ0n) is 7.04. The average molecular weight is 165 g/mol. The molecular formula is C9H11NO2. The maximum absolute atomic E-state index is 11.1. The summed E-state index contributed by atoms with van der Waals surface area (Å²) in [7, 11) is 0. The van der Waals surface area contributed by atoms with E-state index in [2.05, 4.69) is 4.57 Å². The smallest absolute Gasteiger partial charge is 0.161 e. The highest BCUT2D eigenvalue weighted by molar-refractivity contribution is 5.95. The van der Waals surface area contributed by atoms with Gasteiger partial charge in [0.1, 0.15) is 0 Å². The molecule has 0 amide bonds. The zero-order chi connectivity index (χ0) is 8.55. The number of aromatic nitrogens is 1. The monoisotopic (exact) mass is 165 g/mol. The Labute approximate surface area is 70.9 Å². The summed E-state index contributed by atoms with van der Waals surface area (Å²) in [6.45, 7) is 3.77. The summed E-state index contributed by atoms with van der Waals surface area (Å²) in [5.41, 5.74) is 1.82. The van der Waals surface area contributed by atoms with Gasteiger partial charge in [-0.25, -0.2) is 0 Å². The van der Waals surface area contributed by atoms with Crippen molar-refractivity contribution in [2.45, 2.75) is 20.1 Å². The number of ether oxygens (including phenoxy) is 1. The lowest BCUT2D eigenvalue weighted by atomic mass is 10.2. The van der Waals surface area contributed by atoms with Crippen molar-refractivity contribution in [1.82, 2.24) is 4.57 Å². The zero-order valence-corrected chi connectivity index (χ0v) is 7.04. The Balaban J connectivity index is 2.44. The van der Waals surface area contributed by atoms with Crippen LogP contribution >= 0.6 is 0 Å². The molecule has 0 saturated carbocycles. The summed E-state index contributed by atoms with van der Waals surface area (Å²) in [5, 5.41) is 0. The summed E-state index contributed by atoms with van der Waals surface area (Å²) < 4.78 is 7.36. The molecule has 0 saturated heterocycles. The molecule has 0 aliphatic carbocycles. The van der Waals surface area contributed by atoms with Gasteiger partial charge in [0, 0.05) is 18.3 Å². The van der Waals surface area contributed by atoms with E-state index in [1.807, 2.05) is 12.3 Å². The Morgan fingerprint density at radius 2 is 2.50 bits per heavy atom. The van der Waals surface area contributed by atoms with Crippen molar-refractivity contribution in [3.8, 4) is 0 Å². The standard InChI is InChI=1S/C9H11NO2/c1-7(11)8-2-3-10-4-5-12-6-9(8)10/h2-3H,4-6H2,1H3. The van der Waals surface area contributed by atoms with Crippen molar-refractivity contribution in [3.05, 3.63) is 23.5 Å². The molecule has 2 heterocycles. The molecule has 0 bridgehead atoms. The van der Waals surface area contributed by atoms with E-state index in [1.54, 1.807) is 6.92 Å². The van der Waals surface area contributed by atoms with E-state index in [4.69, 9.17) is 4.74 Å². The van der Waals surface area contributed by atoms with Gasteiger partial charge < -0.3 is 9.30 Å². The summed E-state index contributed by atoms with van der Waals surface area (Å²) in [4.78, 5) is 11.1. The highest BCUT2D eigenvalue weighted by Gasteiger charge is 2.15. The van der Waals surface area contributed by atoms with Crippen LogP contribution in [0.5, 0.6) is 0 Å². The predicted octanol–water partition coefficient (Wildman–Crippen LogP) is 1.22. The lowest BCUT2D eigenvalue weighted by Gasteiger charge is -2.16. The Morgan fingerprint density at radius 3 is 3.25 bits per heavy atom. The second kappa shape index (κ2) is 2.75. The number of hydrogen-bond acceptors (Lipinski definition) is 2. The number of carbonyl (C=O) groups is 1. The maximum atomic E-state index is 11.1. The van der Waals surface area contributed by atoms with Gasteiger partial charge in [-0.3, -0.25) is 4.79 Å². The molecule has 0 N–H and O–H groups in total. The highest BCUT2D eigenvalue weighted by Crippen LogP contribution is 2.16. The number of hydrogen-bond donors (Lipinski definition) is 0. The summed E-state index contributed by atoms with van der Waals surface area (Å²) in [6, 6.07) is 1.87. The number of nitrogens with zero attached hydrogens (tertiary/aromatic N) is 1. The number of rotatable bonds is 1. The molecule has 3 nitrogen and oxygen atoms in total. The van der Waals surface area contributed by atoms with Crippen molar-refractivity contribution < 1.29 is 9.53 Å². The van der Waals surface area contributed by atoms with E-state index in [1.165, 1.54) is 0 Å². The Morgan fingerprint density at radius 1 is 1.67 bits per heavy atom. The molecule has 0 radical (unpaired) electrons. The van der Waals surface area contributed by atoms with Gasteiger partial charge in [-0.1, -0.05) is 0 Å². The van der Waals surface area contributed by atoms with E-state index < -0.39 is 0 Å². The number of carbonyl (C=O) groups excluding carboxylic acids is 1. The predicted molar refractivity (Wildman–Crippen MR) is 44.1 cm³/mol. The molecule has 1 aromatic rings. The third kappa shape index (κ3) is 1.06. The number of Topliss-reactive ketones (excluding diaryl/α,β-unsaturated/α-hetero) is 1. The van der Waals surface area contributed by atoms with Crippen LogP contribution in [-0.4, -0.2) is 17.0 Å². The first-order valence-corrected chi connectivity index (χ1v) is 4.06. The molecular weight excluding hydrogens is 154 g/mol. The normalized spacial score (nSPS) is 15.8. The lowest BCUT2D eigenvalue weighted by Crippen LogP contribution is -2.17.